The molecule has 2 aromatic carbocycles. The molecule has 1 aliphatic carbocycles. The predicted octanol–water partition coefficient (Wildman–Crippen LogP) is 6.01. The lowest BCUT2D eigenvalue weighted by molar-refractivity contribution is -0.140. The van der Waals surface area contributed by atoms with Gasteiger partial charge in [-0.15, -0.1) is 0 Å². The van der Waals surface area contributed by atoms with Crippen LogP contribution in [-0.4, -0.2) is 30.0 Å². The molecule has 33 heavy (non-hydrogen) atoms. The van der Waals surface area contributed by atoms with Crippen molar-refractivity contribution in [1.29, 1.82) is 0 Å². The normalized spacial score (nSPS) is 18.8. The Balaban J connectivity index is 1.41. The van der Waals surface area contributed by atoms with Crippen molar-refractivity contribution in [2.45, 2.75) is 50.4 Å². The number of para-hydroxylation sites is 1. The van der Waals surface area contributed by atoms with Crippen molar-refractivity contribution in [3.63, 3.8) is 0 Å². The summed E-state index contributed by atoms with van der Waals surface area (Å²) in [4.78, 5) is 18.2. The number of aromatic nitrogens is 1. The molecular formula is C25H25ClF3N3O. The van der Waals surface area contributed by atoms with Crippen molar-refractivity contribution in [2.75, 3.05) is 11.9 Å². The summed E-state index contributed by atoms with van der Waals surface area (Å²) in [5.41, 5.74) is 0.877. The van der Waals surface area contributed by atoms with Gasteiger partial charge >= 0.3 is 6.18 Å². The highest BCUT2D eigenvalue weighted by atomic mass is 35.5. The molecule has 1 aromatic heterocycles. The van der Waals surface area contributed by atoms with E-state index >= 15 is 0 Å². The van der Waals surface area contributed by atoms with Crippen LogP contribution in [0, 0.1) is 0 Å². The van der Waals surface area contributed by atoms with Gasteiger partial charge in [0.05, 0.1) is 11.9 Å². The van der Waals surface area contributed by atoms with Crippen molar-refractivity contribution in [1.82, 2.24) is 10.3 Å². The highest BCUT2D eigenvalue weighted by Crippen LogP contribution is 2.36. The Labute approximate surface area is 195 Å². The maximum Gasteiger partial charge on any atom is 0.433 e. The second-order valence-corrected chi connectivity index (χ2v) is 8.97. The quantitative estimate of drug-likeness (QED) is 0.491. The number of hydrogen-bond acceptors (Lipinski definition) is 3. The van der Waals surface area contributed by atoms with Crippen LogP contribution >= 0.6 is 11.6 Å². The SMILES string of the molecule is CN(c1cc(C(F)(F)F)nc2ccccc12)C1CCC(NC(=O)Cc2ccc(Cl)cc2)CC1. The van der Waals surface area contributed by atoms with Gasteiger partial charge < -0.3 is 10.2 Å². The molecule has 1 N–H and O–H groups in total. The van der Waals surface area contributed by atoms with E-state index in [0.29, 0.717) is 28.0 Å². The van der Waals surface area contributed by atoms with Gasteiger partial charge in [-0.3, -0.25) is 4.79 Å². The number of pyridine rings is 1. The van der Waals surface area contributed by atoms with Crippen LogP contribution in [0.2, 0.25) is 5.02 Å². The lowest BCUT2D eigenvalue weighted by Crippen LogP contribution is -2.43. The van der Waals surface area contributed by atoms with E-state index in [1.54, 1.807) is 30.3 Å². The number of amides is 1. The zero-order valence-electron chi connectivity index (χ0n) is 18.2. The lowest BCUT2D eigenvalue weighted by atomic mass is 9.89. The molecule has 0 unspecified atom stereocenters. The van der Waals surface area contributed by atoms with Crippen LogP contribution in [0.5, 0.6) is 0 Å². The Morgan fingerprint density at radius 2 is 1.76 bits per heavy atom. The van der Waals surface area contributed by atoms with Crippen molar-refractivity contribution >= 4 is 34.1 Å². The van der Waals surface area contributed by atoms with E-state index in [-0.39, 0.29) is 18.0 Å². The van der Waals surface area contributed by atoms with Gasteiger partial charge in [0.15, 0.2) is 0 Å². The van der Waals surface area contributed by atoms with E-state index in [0.717, 1.165) is 37.3 Å². The average molecular weight is 476 g/mol. The molecular weight excluding hydrogens is 451 g/mol. The monoisotopic (exact) mass is 475 g/mol. The molecule has 174 valence electrons. The van der Waals surface area contributed by atoms with E-state index < -0.39 is 11.9 Å². The molecule has 1 amide bonds. The maximum absolute atomic E-state index is 13.4. The number of halogens is 4. The Bertz CT molecular complexity index is 1130. The summed E-state index contributed by atoms with van der Waals surface area (Å²) in [5, 5.41) is 4.42. The van der Waals surface area contributed by atoms with Gasteiger partial charge in [-0.25, -0.2) is 4.98 Å². The van der Waals surface area contributed by atoms with Crippen molar-refractivity contribution in [2.24, 2.45) is 0 Å². The summed E-state index contributed by atoms with van der Waals surface area (Å²) in [7, 11) is 1.84. The molecule has 0 spiro atoms. The summed E-state index contributed by atoms with van der Waals surface area (Å²) >= 11 is 5.89. The highest BCUT2D eigenvalue weighted by molar-refractivity contribution is 6.30. The molecule has 1 aliphatic rings. The number of carbonyl (C=O) groups is 1. The third-order valence-electron chi connectivity index (χ3n) is 6.25. The number of anilines is 1. The Hall–Kier alpha value is -2.80. The van der Waals surface area contributed by atoms with Crippen LogP contribution < -0.4 is 10.2 Å². The van der Waals surface area contributed by atoms with Gasteiger partial charge in [-0.2, -0.15) is 13.2 Å². The van der Waals surface area contributed by atoms with E-state index in [4.69, 9.17) is 11.6 Å². The number of fused-ring (bicyclic) bond motifs is 1. The van der Waals surface area contributed by atoms with Gasteiger partial charge in [-0.05, 0) is 55.5 Å². The van der Waals surface area contributed by atoms with Crippen LogP contribution in [0.1, 0.15) is 36.9 Å². The fourth-order valence-corrected chi connectivity index (χ4v) is 4.59. The Kier molecular flexibility index (Phi) is 6.79. The fraction of sp³-hybridized carbons (Fsp3) is 0.360. The molecule has 0 radical (unpaired) electrons. The van der Waals surface area contributed by atoms with Crippen molar-refractivity contribution in [3.05, 3.63) is 70.9 Å². The average Bonchev–Trinajstić information content (AvgIpc) is 2.79. The van der Waals surface area contributed by atoms with Crippen molar-refractivity contribution < 1.29 is 18.0 Å². The van der Waals surface area contributed by atoms with E-state index in [1.807, 2.05) is 30.1 Å². The summed E-state index contributed by atoms with van der Waals surface area (Å²) in [6, 6.07) is 15.4. The largest absolute Gasteiger partial charge is 0.433 e. The first-order chi connectivity index (χ1) is 15.7. The fourth-order valence-electron chi connectivity index (χ4n) is 4.46. The van der Waals surface area contributed by atoms with Crippen molar-refractivity contribution in [3.8, 4) is 0 Å². The molecule has 0 bridgehead atoms. The van der Waals surface area contributed by atoms with Gasteiger partial charge in [0, 0.05) is 35.2 Å². The van der Waals surface area contributed by atoms with Gasteiger partial charge in [0.1, 0.15) is 5.69 Å². The minimum absolute atomic E-state index is 0.0379. The number of alkyl halides is 3. The number of nitrogens with zero attached hydrogens (tertiary/aromatic N) is 2. The number of nitrogens with one attached hydrogen (secondary N) is 1. The molecule has 8 heteroatoms. The first-order valence-corrected chi connectivity index (χ1v) is 11.3. The van der Waals surface area contributed by atoms with E-state index in [9.17, 15) is 18.0 Å². The minimum atomic E-state index is -4.51. The highest BCUT2D eigenvalue weighted by Gasteiger charge is 2.34. The molecule has 0 atom stereocenters. The standard InChI is InChI=1S/C25H25ClF3N3O/c1-32(22-15-23(25(27,28)29)31-21-5-3-2-4-20(21)22)19-12-10-18(11-13-19)30-24(33)14-16-6-8-17(26)9-7-16/h2-9,15,18-19H,10-14H2,1H3,(H,30,33). The first kappa shape index (κ1) is 23.4. The number of carbonyl (C=O) groups excluding carboxylic acids is 1. The van der Waals surface area contributed by atoms with Crippen LogP contribution in [-0.2, 0) is 17.4 Å². The van der Waals surface area contributed by atoms with Gasteiger partial charge in [0.25, 0.3) is 0 Å². The zero-order valence-corrected chi connectivity index (χ0v) is 19.0. The summed E-state index contributed by atoms with van der Waals surface area (Å²) in [6.07, 6.45) is -1.11. The summed E-state index contributed by atoms with van der Waals surface area (Å²) in [6.45, 7) is 0. The molecule has 1 heterocycles. The van der Waals surface area contributed by atoms with Crippen LogP contribution in [0.15, 0.2) is 54.6 Å². The third kappa shape index (κ3) is 5.58. The van der Waals surface area contributed by atoms with E-state index in [1.165, 1.54) is 0 Å². The van der Waals surface area contributed by atoms with Gasteiger partial charge in [-0.1, -0.05) is 41.9 Å². The maximum atomic E-state index is 13.4. The Morgan fingerprint density at radius 1 is 1.09 bits per heavy atom. The van der Waals surface area contributed by atoms with Gasteiger partial charge in [0.2, 0.25) is 5.91 Å². The third-order valence-corrected chi connectivity index (χ3v) is 6.50. The Morgan fingerprint density at radius 3 is 2.42 bits per heavy atom. The predicted molar refractivity (Wildman–Crippen MR) is 124 cm³/mol. The summed E-state index contributed by atoms with van der Waals surface area (Å²) < 4.78 is 40.3. The van der Waals surface area contributed by atoms with Crippen LogP contribution in [0.3, 0.4) is 0 Å². The van der Waals surface area contributed by atoms with Crippen LogP contribution in [0.25, 0.3) is 10.9 Å². The first-order valence-electron chi connectivity index (χ1n) is 10.9. The molecule has 3 aromatic rings. The number of hydrogen-bond donors (Lipinski definition) is 1. The molecule has 0 saturated heterocycles. The second kappa shape index (κ2) is 9.59. The number of benzene rings is 2. The van der Waals surface area contributed by atoms with E-state index in [2.05, 4.69) is 10.3 Å². The molecule has 1 fully saturated rings. The molecule has 4 nitrogen and oxygen atoms in total. The molecule has 0 aliphatic heterocycles. The molecule has 4 rings (SSSR count). The summed E-state index contributed by atoms with van der Waals surface area (Å²) in [5.74, 6) is -0.0379. The molecule has 1 saturated carbocycles. The topological polar surface area (TPSA) is 45.2 Å². The minimum Gasteiger partial charge on any atom is -0.371 e. The smallest absolute Gasteiger partial charge is 0.371 e. The zero-order chi connectivity index (χ0) is 23.6. The number of rotatable bonds is 5. The lowest BCUT2D eigenvalue weighted by Gasteiger charge is -2.37. The second-order valence-electron chi connectivity index (χ2n) is 8.53. The van der Waals surface area contributed by atoms with Crippen LogP contribution in [0.4, 0.5) is 18.9 Å².